The minimum atomic E-state index is 0.311. The molecule has 2 atom stereocenters. The van der Waals surface area contributed by atoms with Crippen LogP contribution in [0.25, 0.3) is 0 Å². The summed E-state index contributed by atoms with van der Waals surface area (Å²) in [5.41, 5.74) is 2.48. The van der Waals surface area contributed by atoms with Gasteiger partial charge in [-0.15, -0.1) is 0 Å². The normalized spacial score (nSPS) is 20.3. The van der Waals surface area contributed by atoms with Gasteiger partial charge in [-0.2, -0.15) is 0 Å². The summed E-state index contributed by atoms with van der Waals surface area (Å²) in [6.07, 6.45) is 3.73. The Balaban J connectivity index is 2.15. The third-order valence-electron chi connectivity index (χ3n) is 4.55. The first kappa shape index (κ1) is 16.6. The zero-order chi connectivity index (χ0) is 15.4. The molecule has 0 radical (unpaired) electrons. The zero-order valence-electron chi connectivity index (χ0n) is 13.8. The van der Waals surface area contributed by atoms with Crippen LogP contribution in [0.15, 0.2) is 18.2 Å². The first-order valence-corrected chi connectivity index (χ1v) is 8.71. The summed E-state index contributed by atoms with van der Waals surface area (Å²) in [5, 5.41) is 4.39. The van der Waals surface area contributed by atoms with Gasteiger partial charge in [-0.3, -0.25) is 0 Å². The Morgan fingerprint density at radius 3 is 2.71 bits per heavy atom. The van der Waals surface area contributed by atoms with Crippen LogP contribution in [0.3, 0.4) is 0 Å². The van der Waals surface area contributed by atoms with Gasteiger partial charge in [0.15, 0.2) is 0 Å². The standard InChI is InChI=1S/C18H29ClN2/c1-5-10-20-14(4)16-9-8-15(12-17(16)19)21-11-6-7-18(21)13(2)3/h8-9,12-14,18,20H,5-7,10-11H2,1-4H3. The SMILES string of the molecule is CCCNC(C)c1ccc(N2CCCC2C(C)C)cc1Cl. The molecule has 2 nitrogen and oxygen atoms in total. The average Bonchev–Trinajstić information content (AvgIpc) is 2.94. The lowest BCUT2D eigenvalue weighted by molar-refractivity contribution is 0.492. The highest BCUT2D eigenvalue weighted by Crippen LogP contribution is 2.33. The highest BCUT2D eigenvalue weighted by Gasteiger charge is 2.27. The fourth-order valence-corrected chi connectivity index (χ4v) is 3.66. The van der Waals surface area contributed by atoms with Gasteiger partial charge >= 0.3 is 0 Å². The van der Waals surface area contributed by atoms with E-state index in [2.05, 4.69) is 56.1 Å². The van der Waals surface area contributed by atoms with Gasteiger partial charge in [-0.05, 0) is 56.3 Å². The number of rotatable bonds is 6. The number of hydrogen-bond acceptors (Lipinski definition) is 2. The smallest absolute Gasteiger partial charge is 0.0474 e. The molecular weight excluding hydrogens is 280 g/mol. The molecule has 0 aromatic heterocycles. The van der Waals surface area contributed by atoms with Crippen LogP contribution in [0.1, 0.15) is 58.6 Å². The van der Waals surface area contributed by atoms with E-state index in [4.69, 9.17) is 11.6 Å². The van der Waals surface area contributed by atoms with E-state index in [1.807, 2.05) is 0 Å². The molecule has 0 bridgehead atoms. The molecule has 118 valence electrons. The van der Waals surface area contributed by atoms with Crippen molar-refractivity contribution < 1.29 is 0 Å². The molecule has 2 rings (SSSR count). The summed E-state index contributed by atoms with van der Waals surface area (Å²) in [6, 6.07) is 7.56. The molecule has 0 amide bonds. The van der Waals surface area contributed by atoms with Crippen LogP contribution in [0, 0.1) is 5.92 Å². The molecule has 0 saturated carbocycles. The highest BCUT2D eigenvalue weighted by molar-refractivity contribution is 6.31. The lowest BCUT2D eigenvalue weighted by atomic mass is 10.0. The summed E-state index contributed by atoms with van der Waals surface area (Å²) in [5.74, 6) is 0.691. The van der Waals surface area contributed by atoms with E-state index in [1.54, 1.807) is 0 Å². The van der Waals surface area contributed by atoms with Crippen LogP contribution >= 0.6 is 11.6 Å². The van der Waals surface area contributed by atoms with Crippen molar-refractivity contribution in [3.63, 3.8) is 0 Å². The lowest BCUT2D eigenvalue weighted by Crippen LogP contribution is -2.33. The van der Waals surface area contributed by atoms with Gasteiger partial charge in [0.2, 0.25) is 0 Å². The van der Waals surface area contributed by atoms with Crippen molar-refractivity contribution in [1.29, 1.82) is 0 Å². The Kier molecular flexibility index (Phi) is 5.95. The van der Waals surface area contributed by atoms with Gasteiger partial charge in [0.05, 0.1) is 0 Å². The van der Waals surface area contributed by atoms with Gasteiger partial charge in [-0.25, -0.2) is 0 Å². The maximum absolute atomic E-state index is 6.54. The van der Waals surface area contributed by atoms with Gasteiger partial charge in [0.25, 0.3) is 0 Å². The van der Waals surface area contributed by atoms with Crippen LogP contribution in [0.4, 0.5) is 5.69 Å². The molecule has 0 spiro atoms. The van der Waals surface area contributed by atoms with Crippen molar-refractivity contribution in [2.75, 3.05) is 18.0 Å². The van der Waals surface area contributed by atoms with Gasteiger partial charge < -0.3 is 10.2 Å². The second-order valence-corrected chi connectivity index (χ2v) is 6.94. The number of hydrogen-bond donors (Lipinski definition) is 1. The summed E-state index contributed by atoms with van der Waals surface area (Å²) in [6.45, 7) is 11.2. The molecule has 1 saturated heterocycles. The van der Waals surface area contributed by atoms with E-state index in [9.17, 15) is 0 Å². The number of halogens is 1. The molecule has 1 aromatic carbocycles. The number of nitrogens with one attached hydrogen (secondary N) is 1. The summed E-state index contributed by atoms with van der Waals surface area (Å²) in [7, 11) is 0. The fraction of sp³-hybridized carbons (Fsp3) is 0.667. The highest BCUT2D eigenvalue weighted by atomic mass is 35.5. The summed E-state index contributed by atoms with van der Waals surface area (Å²) < 4.78 is 0. The number of nitrogens with zero attached hydrogens (tertiary/aromatic N) is 1. The van der Waals surface area contributed by atoms with Crippen LogP contribution in [-0.4, -0.2) is 19.1 Å². The zero-order valence-corrected chi connectivity index (χ0v) is 14.6. The fourth-order valence-electron chi connectivity index (χ4n) is 3.32. The van der Waals surface area contributed by atoms with Crippen LogP contribution in [0.5, 0.6) is 0 Å². The Morgan fingerprint density at radius 1 is 1.33 bits per heavy atom. The maximum atomic E-state index is 6.54. The Morgan fingerprint density at radius 2 is 2.10 bits per heavy atom. The summed E-state index contributed by atoms with van der Waals surface area (Å²) >= 11 is 6.54. The molecule has 1 fully saturated rings. The van der Waals surface area contributed by atoms with Crippen molar-refractivity contribution >= 4 is 17.3 Å². The predicted molar refractivity (Wildman–Crippen MR) is 93.4 cm³/mol. The van der Waals surface area contributed by atoms with Crippen molar-refractivity contribution in [1.82, 2.24) is 5.32 Å². The Hall–Kier alpha value is -0.730. The molecule has 1 aromatic rings. The number of benzene rings is 1. The summed E-state index contributed by atoms with van der Waals surface area (Å²) in [4.78, 5) is 2.53. The van der Waals surface area contributed by atoms with Gasteiger partial charge in [0.1, 0.15) is 0 Å². The maximum Gasteiger partial charge on any atom is 0.0474 e. The van der Waals surface area contributed by atoms with Crippen molar-refractivity contribution in [2.45, 2.75) is 59.0 Å². The quantitative estimate of drug-likeness (QED) is 0.793. The van der Waals surface area contributed by atoms with E-state index < -0.39 is 0 Å². The lowest BCUT2D eigenvalue weighted by Gasteiger charge is -2.30. The number of anilines is 1. The minimum absolute atomic E-state index is 0.311. The van der Waals surface area contributed by atoms with Crippen molar-refractivity contribution in [3.8, 4) is 0 Å². The van der Waals surface area contributed by atoms with Gasteiger partial charge in [-0.1, -0.05) is 38.4 Å². The van der Waals surface area contributed by atoms with E-state index in [-0.39, 0.29) is 0 Å². The molecule has 1 N–H and O–H groups in total. The molecule has 1 aliphatic rings. The predicted octanol–water partition coefficient (Wildman–Crippen LogP) is 5.03. The van der Waals surface area contributed by atoms with Crippen LogP contribution in [0.2, 0.25) is 5.02 Å². The third kappa shape index (κ3) is 3.92. The first-order valence-electron chi connectivity index (χ1n) is 8.34. The minimum Gasteiger partial charge on any atom is -0.368 e. The molecule has 3 heteroatoms. The molecule has 1 heterocycles. The van der Waals surface area contributed by atoms with Gasteiger partial charge in [0, 0.05) is 29.3 Å². The molecule has 0 aliphatic carbocycles. The van der Waals surface area contributed by atoms with Crippen molar-refractivity contribution in [2.24, 2.45) is 5.92 Å². The second-order valence-electron chi connectivity index (χ2n) is 6.53. The third-order valence-corrected chi connectivity index (χ3v) is 4.88. The van der Waals surface area contributed by atoms with Crippen molar-refractivity contribution in [3.05, 3.63) is 28.8 Å². The molecule has 21 heavy (non-hydrogen) atoms. The topological polar surface area (TPSA) is 15.3 Å². The van der Waals surface area contributed by atoms with Crippen LogP contribution in [-0.2, 0) is 0 Å². The first-order chi connectivity index (χ1) is 10.0. The van der Waals surface area contributed by atoms with E-state index in [1.165, 1.54) is 24.1 Å². The molecule has 1 aliphatic heterocycles. The largest absolute Gasteiger partial charge is 0.368 e. The van der Waals surface area contributed by atoms with E-state index >= 15 is 0 Å². The second kappa shape index (κ2) is 7.51. The Bertz CT molecular complexity index is 459. The Labute approximate surface area is 134 Å². The molecule has 2 unspecified atom stereocenters. The van der Waals surface area contributed by atoms with Crippen LogP contribution < -0.4 is 10.2 Å². The average molecular weight is 309 g/mol. The van der Waals surface area contributed by atoms with E-state index in [0.29, 0.717) is 18.0 Å². The van der Waals surface area contributed by atoms with E-state index in [0.717, 1.165) is 24.5 Å². The molecular formula is C18H29ClN2. The monoisotopic (exact) mass is 308 g/mol.